The van der Waals surface area contributed by atoms with E-state index >= 15 is 0 Å². The molecule has 3 heterocycles. The maximum absolute atomic E-state index is 12.4. The van der Waals surface area contributed by atoms with Gasteiger partial charge in [0.15, 0.2) is 0 Å². The van der Waals surface area contributed by atoms with Gasteiger partial charge in [0.25, 0.3) is 11.8 Å². The van der Waals surface area contributed by atoms with E-state index in [2.05, 4.69) is 15.6 Å². The molecule has 1 unspecified atom stereocenters. The summed E-state index contributed by atoms with van der Waals surface area (Å²) in [6.07, 6.45) is 1.98. The van der Waals surface area contributed by atoms with Crippen molar-refractivity contribution >= 4 is 17.8 Å². The standard InChI is InChI=1S/C13H14N4O3/c1-8-3-2-5-14-9(8)10(18)17-6-4-13(7-17)11(19)15-12(20)16-13/h2-3,5H,4,6-7H2,1H3,(H2,15,16,19,20). The number of aromatic nitrogens is 1. The molecule has 1 spiro atoms. The molecule has 2 aliphatic rings. The molecule has 1 atom stereocenters. The number of aryl methyl sites for hydroxylation is 1. The number of pyridine rings is 1. The molecule has 2 N–H and O–H groups in total. The van der Waals surface area contributed by atoms with Crippen LogP contribution >= 0.6 is 0 Å². The average molecular weight is 274 g/mol. The molecule has 2 fully saturated rings. The molecule has 0 bridgehead atoms. The van der Waals surface area contributed by atoms with Crippen molar-refractivity contribution in [3.63, 3.8) is 0 Å². The molecule has 7 heteroatoms. The number of hydrogen-bond donors (Lipinski definition) is 2. The summed E-state index contributed by atoms with van der Waals surface area (Å²) in [5.74, 6) is -0.579. The number of nitrogens with one attached hydrogen (secondary N) is 2. The summed E-state index contributed by atoms with van der Waals surface area (Å²) < 4.78 is 0. The van der Waals surface area contributed by atoms with Crippen LogP contribution in [0.15, 0.2) is 18.3 Å². The van der Waals surface area contributed by atoms with E-state index < -0.39 is 11.6 Å². The van der Waals surface area contributed by atoms with Crippen molar-refractivity contribution in [2.75, 3.05) is 13.1 Å². The van der Waals surface area contributed by atoms with Gasteiger partial charge in [0.1, 0.15) is 11.2 Å². The van der Waals surface area contributed by atoms with Crippen LogP contribution in [0.2, 0.25) is 0 Å². The third kappa shape index (κ3) is 1.82. The highest BCUT2D eigenvalue weighted by Crippen LogP contribution is 2.26. The molecular formula is C13H14N4O3. The monoisotopic (exact) mass is 274 g/mol. The number of nitrogens with zero attached hydrogens (tertiary/aromatic N) is 2. The molecular weight excluding hydrogens is 260 g/mol. The second-order valence-electron chi connectivity index (χ2n) is 5.14. The molecule has 104 valence electrons. The fourth-order valence-electron chi connectivity index (χ4n) is 2.66. The second-order valence-corrected chi connectivity index (χ2v) is 5.14. The van der Waals surface area contributed by atoms with Crippen molar-refractivity contribution in [2.24, 2.45) is 0 Å². The molecule has 1 aromatic heterocycles. The molecule has 20 heavy (non-hydrogen) atoms. The third-order valence-corrected chi connectivity index (χ3v) is 3.78. The Labute approximate surface area is 115 Å². The highest BCUT2D eigenvalue weighted by Gasteiger charge is 2.51. The van der Waals surface area contributed by atoms with Crippen LogP contribution in [0.5, 0.6) is 0 Å². The van der Waals surface area contributed by atoms with Crippen LogP contribution in [-0.4, -0.2) is 46.4 Å². The zero-order chi connectivity index (χ0) is 14.3. The summed E-state index contributed by atoms with van der Waals surface area (Å²) in [5.41, 5.74) is 0.197. The van der Waals surface area contributed by atoms with Crippen molar-refractivity contribution in [3.05, 3.63) is 29.6 Å². The number of carbonyl (C=O) groups is 3. The Kier molecular flexibility index (Phi) is 2.70. The maximum Gasteiger partial charge on any atom is 0.322 e. The lowest BCUT2D eigenvalue weighted by molar-refractivity contribution is -0.123. The van der Waals surface area contributed by atoms with Gasteiger partial charge in [-0.1, -0.05) is 6.07 Å². The van der Waals surface area contributed by atoms with Gasteiger partial charge < -0.3 is 10.2 Å². The minimum absolute atomic E-state index is 0.180. The van der Waals surface area contributed by atoms with Crippen LogP contribution in [-0.2, 0) is 4.79 Å². The van der Waals surface area contributed by atoms with E-state index in [0.29, 0.717) is 18.7 Å². The van der Waals surface area contributed by atoms with Crippen molar-refractivity contribution in [3.8, 4) is 0 Å². The molecule has 4 amide bonds. The lowest BCUT2D eigenvalue weighted by Gasteiger charge is -2.21. The summed E-state index contributed by atoms with van der Waals surface area (Å²) >= 11 is 0. The first kappa shape index (κ1) is 12.6. The Bertz CT molecular complexity index is 615. The average Bonchev–Trinajstić information content (AvgIpc) is 2.95. The number of rotatable bonds is 1. The van der Waals surface area contributed by atoms with Crippen LogP contribution in [0, 0.1) is 6.92 Å². The Morgan fingerprint density at radius 1 is 1.45 bits per heavy atom. The van der Waals surface area contributed by atoms with Gasteiger partial charge in [0.05, 0.1) is 6.54 Å². The molecule has 2 saturated heterocycles. The minimum Gasteiger partial charge on any atom is -0.334 e. The SMILES string of the molecule is Cc1cccnc1C(=O)N1CCC2(C1)NC(=O)NC2=O. The summed E-state index contributed by atoms with van der Waals surface area (Å²) in [7, 11) is 0. The molecule has 1 aromatic rings. The van der Waals surface area contributed by atoms with E-state index in [9.17, 15) is 14.4 Å². The lowest BCUT2D eigenvalue weighted by Crippen LogP contribution is -2.49. The number of carbonyl (C=O) groups excluding carboxylic acids is 3. The Morgan fingerprint density at radius 3 is 2.90 bits per heavy atom. The number of amides is 4. The van der Waals surface area contributed by atoms with Crippen LogP contribution < -0.4 is 10.6 Å². The first-order valence-electron chi connectivity index (χ1n) is 6.36. The van der Waals surface area contributed by atoms with Gasteiger partial charge in [0.2, 0.25) is 0 Å². The fourth-order valence-corrected chi connectivity index (χ4v) is 2.66. The van der Waals surface area contributed by atoms with Crippen molar-refractivity contribution in [1.82, 2.24) is 20.5 Å². The predicted molar refractivity (Wildman–Crippen MR) is 68.9 cm³/mol. The maximum atomic E-state index is 12.4. The van der Waals surface area contributed by atoms with E-state index in [1.165, 1.54) is 0 Å². The van der Waals surface area contributed by atoms with E-state index in [0.717, 1.165) is 5.56 Å². The van der Waals surface area contributed by atoms with Crippen molar-refractivity contribution in [1.29, 1.82) is 0 Å². The molecule has 0 saturated carbocycles. The van der Waals surface area contributed by atoms with Gasteiger partial charge in [-0.15, -0.1) is 0 Å². The summed E-state index contributed by atoms with van der Waals surface area (Å²) in [5, 5.41) is 4.83. The molecule has 0 aromatic carbocycles. The molecule has 2 aliphatic heterocycles. The van der Waals surface area contributed by atoms with Gasteiger partial charge >= 0.3 is 6.03 Å². The van der Waals surface area contributed by atoms with E-state index in [1.807, 2.05) is 13.0 Å². The fraction of sp³-hybridized carbons (Fsp3) is 0.385. The predicted octanol–water partition coefficient (Wildman–Crippen LogP) is -0.186. The topological polar surface area (TPSA) is 91.4 Å². The number of hydrogen-bond acceptors (Lipinski definition) is 4. The van der Waals surface area contributed by atoms with Crippen LogP contribution in [0.1, 0.15) is 22.5 Å². The zero-order valence-electron chi connectivity index (χ0n) is 11.0. The van der Waals surface area contributed by atoms with Gasteiger partial charge in [-0.05, 0) is 25.0 Å². The van der Waals surface area contributed by atoms with Gasteiger partial charge in [-0.3, -0.25) is 19.9 Å². The number of imide groups is 1. The Hall–Kier alpha value is -2.44. The first-order chi connectivity index (χ1) is 9.52. The smallest absolute Gasteiger partial charge is 0.322 e. The quantitative estimate of drug-likeness (QED) is 0.695. The Morgan fingerprint density at radius 2 is 2.25 bits per heavy atom. The zero-order valence-corrected chi connectivity index (χ0v) is 11.0. The van der Waals surface area contributed by atoms with Crippen molar-refractivity contribution < 1.29 is 14.4 Å². The van der Waals surface area contributed by atoms with Gasteiger partial charge in [-0.2, -0.15) is 0 Å². The van der Waals surface area contributed by atoms with Crippen LogP contribution in [0.25, 0.3) is 0 Å². The van der Waals surface area contributed by atoms with Crippen LogP contribution in [0.3, 0.4) is 0 Å². The van der Waals surface area contributed by atoms with Crippen LogP contribution in [0.4, 0.5) is 4.79 Å². The normalized spacial score (nSPS) is 24.9. The second kappa shape index (κ2) is 4.29. The van der Waals surface area contributed by atoms with Crippen molar-refractivity contribution in [2.45, 2.75) is 18.9 Å². The van der Waals surface area contributed by atoms with E-state index in [1.54, 1.807) is 17.2 Å². The minimum atomic E-state index is -0.977. The largest absolute Gasteiger partial charge is 0.334 e. The molecule has 0 aliphatic carbocycles. The molecule has 0 radical (unpaired) electrons. The summed E-state index contributed by atoms with van der Waals surface area (Å²) in [4.78, 5) is 41.2. The Balaban J connectivity index is 1.81. The lowest BCUT2D eigenvalue weighted by atomic mass is 9.99. The molecule has 3 rings (SSSR count). The highest BCUT2D eigenvalue weighted by molar-refractivity contribution is 6.08. The number of urea groups is 1. The highest BCUT2D eigenvalue weighted by atomic mass is 16.2. The first-order valence-corrected chi connectivity index (χ1v) is 6.36. The third-order valence-electron chi connectivity index (χ3n) is 3.78. The summed E-state index contributed by atoms with van der Waals surface area (Å²) in [6.45, 7) is 2.41. The number of likely N-dealkylation sites (tertiary alicyclic amines) is 1. The van der Waals surface area contributed by atoms with E-state index in [4.69, 9.17) is 0 Å². The van der Waals surface area contributed by atoms with Gasteiger partial charge in [-0.25, -0.2) is 4.79 Å². The van der Waals surface area contributed by atoms with Gasteiger partial charge in [0, 0.05) is 12.7 Å². The summed E-state index contributed by atoms with van der Waals surface area (Å²) in [6, 6.07) is 3.08. The molecule has 7 nitrogen and oxygen atoms in total. The van der Waals surface area contributed by atoms with E-state index in [-0.39, 0.29) is 18.4 Å².